The fourth-order valence-electron chi connectivity index (χ4n) is 1.82. The Bertz CT molecular complexity index is 362. The minimum Gasteiger partial charge on any atom is -0.326 e. The SMILES string of the molecule is CCCCC(CC)C(=O)Nc1ccc(CN)cn1. The van der Waals surface area contributed by atoms with Gasteiger partial charge in [0, 0.05) is 18.7 Å². The lowest BCUT2D eigenvalue weighted by molar-refractivity contribution is -0.120. The second-order valence-electron chi connectivity index (χ2n) is 4.49. The smallest absolute Gasteiger partial charge is 0.228 e. The van der Waals surface area contributed by atoms with E-state index in [1.807, 2.05) is 13.0 Å². The Hall–Kier alpha value is -1.42. The van der Waals surface area contributed by atoms with Crippen molar-refractivity contribution >= 4 is 11.7 Å². The van der Waals surface area contributed by atoms with Crippen molar-refractivity contribution in [3.63, 3.8) is 0 Å². The highest BCUT2D eigenvalue weighted by Crippen LogP contribution is 2.15. The Morgan fingerprint density at radius 3 is 2.72 bits per heavy atom. The minimum atomic E-state index is 0.0685. The van der Waals surface area contributed by atoms with Crippen LogP contribution in [0.15, 0.2) is 18.3 Å². The first kappa shape index (κ1) is 14.6. The number of amides is 1. The summed E-state index contributed by atoms with van der Waals surface area (Å²) in [5, 5.41) is 2.86. The number of carbonyl (C=O) groups is 1. The molecule has 0 radical (unpaired) electrons. The van der Waals surface area contributed by atoms with Crippen LogP contribution in [0.25, 0.3) is 0 Å². The molecule has 1 aromatic rings. The van der Waals surface area contributed by atoms with E-state index in [1.165, 1.54) is 0 Å². The Kier molecular flexibility index (Phi) is 6.36. The summed E-state index contributed by atoms with van der Waals surface area (Å²) in [6.45, 7) is 4.65. The molecule has 1 atom stereocenters. The van der Waals surface area contributed by atoms with Crippen LogP contribution in [0, 0.1) is 5.92 Å². The molecule has 0 bridgehead atoms. The molecule has 1 amide bonds. The predicted molar refractivity (Wildman–Crippen MR) is 74.1 cm³/mol. The summed E-state index contributed by atoms with van der Waals surface area (Å²) < 4.78 is 0. The van der Waals surface area contributed by atoms with Crippen molar-refractivity contribution in [1.29, 1.82) is 0 Å². The molecular formula is C14H23N3O. The number of rotatable bonds is 7. The fraction of sp³-hybridized carbons (Fsp3) is 0.571. The third-order valence-electron chi connectivity index (χ3n) is 3.08. The van der Waals surface area contributed by atoms with Gasteiger partial charge in [-0.1, -0.05) is 32.8 Å². The molecule has 0 spiro atoms. The van der Waals surface area contributed by atoms with Gasteiger partial charge in [0.05, 0.1) is 0 Å². The molecule has 1 aromatic heterocycles. The molecule has 0 aliphatic rings. The number of hydrogen-bond donors (Lipinski definition) is 2. The molecule has 1 unspecified atom stereocenters. The molecular weight excluding hydrogens is 226 g/mol. The molecule has 18 heavy (non-hydrogen) atoms. The third-order valence-corrected chi connectivity index (χ3v) is 3.08. The van der Waals surface area contributed by atoms with Crippen LogP contribution in [0.3, 0.4) is 0 Å². The lowest BCUT2D eigenvalue weighted by Crippen LogP contribution is -2.22. The maximum atomic E-state index is 12.0. The van der Waals surface area contributed by atoms with Gasteiger partial charge in [-0.2, -0.15) is 0 Å². The molecule has 4 heteroatoms. The molecule has 100 valence electrons. The van der Waals surface area contributed by atoms with E-state index in [9.17, 15) is 4.79 Å². The lowest BCUT2D eigenvalue weighted by Gasteiger charge is -2.14. The van der Waals surface area contributed by atoms with Crippen LogP contribution < -0.4 is 11.1 Å². The second kappa shape index (κ2) is 7.82. The van der Waals surface area contributed by atoms with Crippen molar-refractivity contribution in [2.24, 2.45) is 11.7 Å². The van der Waals surface area contributed by atoms with Crippen molar-refractivity contribution in [2.45, 2.75) is 46.1 Å². The van der Waals surface area contributed by atoms with E-state index in [4.69, 9.17) is 5.73 Å². The average Bonchev–Trinajstić information content (AvgIpc) is 2.40. The van der Waals surface area contributed by atoms with Crippen LogP contribution in [-0.4, -0.2) is 10.9 Å². The molecule has 0 saturated heterocycles. The maximum absolute atomic E-state index is 12.0. The van der Waals surface area contributed by atoms with Gasteiger partial charge in [0.2, 0.25) is 5.91 Å². The Balaban J connectivity index is 2.55. The van der Waals surface area contributed by atoms with E-state index in [0.29, 0.717) is 12.4 Å². The summed E-state index contributed by atoms with van der Waals surface area (Å²) in [4.78, 5) is 16.2. The number of anilines is 1. The monoisotopic (exact) mass is 249 g/mol. The van der Waals surface area contributed by atoms with E-state index >= 15 is 0 Å². The topological polar surface area (TPSA) is 68.0 Å². The van der Waals surface area contributed by atoms with Gasteiger partial charge in [-0.15, -0.1) is 0 Å². The van der Waals surface area contributed by atoms with Crippen LogP contribution in [0.2, 0.25) is 0 Å². The molecule has 0 aromatic carbocycles. The van der Waals surface area contributed by atoms with E-state index in [2.05, 4.69) is 17.2 Å². The summed E-state index contributed by atoms with van der Waals surface area (Å²) in [7, 11) is 0. The highest BCUT2D eigenvalue weighted by Gasteiger charge is 2.16. The molecule has 0 aliphatic heterocycles. The van der Waals surface area contributed by atoms with Gasteiger partial charge in [0.25, 0.3) is 0 Å². The second-order valence-corrected chi connectivity index (χ2v) is 4.49. The summed E-state index contributed by atoms with van der Waals surface area (Å²) in [5.74, 6) is 0.757. The van der Waals surface area contributed by atoms with Crippen LogP contribution in [0.1, 0.15) is 45.1 Å². The first-order chi connectivity index (χ1) is 8.71. The van der Waals surface area contributed by atoms with Crippen LogP contribution in [-0.2, 0) is 11.3 Å². The summed E-state index contributed by atoms with van der Waals surface area (Å²) in [5.41, 5.74) is 6.46. The van der Waals surface area contributed by atoms with Crippen molar-refractivity contribution < 1.29 is 4.79 Å². The molecule has 4 nitrogen and oxygen atoms in total. The quantitative estimate of drug-likeness (QED) is 0.780. The van der Waals surface area contributed by atoms with E-state index in [1.54, 1.807) is 12.3 Å². The number of carbonyl (C=O) groups excluding carboxylic acids is 1. The van der Waals surface area contributed by atoms with Gasteiger partial charge < -0.3 is 11.1 Å². The minimum absolute atomic E-state index is 0.0685. The Morgan fingerprint density at radius 1 is 1.44 bits per heavy atom. The first-order valence-electron chi connectivity index (χ1n) is 6.67. The molecule has 0 aliphatic carbocycles. The Morgan fingerprint density at radius 2 is 2.22 bits per heavy atom. The van der Waals surface area contributed by atoms with Gasteiger partial charge in [0.15, 0.2) is 0 Å². The normalized spacial score (nSPS) is 12.2. The molecule has 3 N–H and O–H groups in total. The Labute approximate surface area is 109 Å². The lowest BCUT2D eigenvalue weighted by atomic mass is 9.98. The number of aromatic nitrogens is 1. The van der Waals surface area contributed by atoms with Gasteiger partial charge in [-0.25, -0.2) is 4.98 Å². The van der Waals surface area contributed by atoms with Crippen LogP contribution in [0.4, 0.5) is 5.82 Å². The average molecular weight is 249 g/mol. The predicted octanol–water partition coefficient (Wildman–Crippen LogP) is 2.70. The van der Waals surface area contributed by atoms with Gasteiger partial charge in [0.1, 0.15) is 5.82 Å². The summed E-state index contributed by atoms with van der Waals surface area (Å²) in [6, 6.07) is 3.68. The van der Waals surface area contributed by atoms with Gasteiger partial charge in [-0.3, -0.25) is 4.79 Å². The molecule has 1 rings (SSSR count). The van der Waals surface area contributed by atoms with Crippen LogP contribution >= 0.6 is 0 Å². The van der Waals surface area contributed by atoms with E-state index in [0.717, 1.165) is 31.2 Å². The zero-order chi connectivity index (χ0) is 13.4. The fourth-order valence-corrected chi connectivity index (χ4v) is 1.82. The number of unbranched alkanes of at least 4 members (excludes halogenated alkanes) is 1. The zero-order valence-corrected chi connectivity index (χ0v) is 11.3. The molecule has 0 fully saturated rings. The first-order valence-corrected chi connectivity index (χ1v) is 6.67. The number of nitrogens with zero attached hydrogens (tertiary/aromatic N) is 1. The van der Waals surface area contributed by atoms with Crippen molar-refractivity contribution in [3.05, 3.63) is 23.9 Å². The van der Waals surface area contributed by atoms with Gasteiger partial charge >= 0.3 is 0 Å². The third kappa shape index (κ3) is 4.45. The summed E-state index contributed by atoms with van der Waals surface area (Å²) >= 11 is 0. The van der Waals surface area contributed by atoms with Crippen molar-refractivity contribution in [2.75, 3.05) is 5.32 Å². The number of nitrogens with two attached hydrogens (primary N) is 1. The van der Waals surface area contributed by atoms with Crippen molar-refractivity contribution in [3.8, 4) is 0 Å². The number of nitrogens with one attached hydrogen (secondary N) is 1. The van der Waals surface area contributed by atoms with E-state index in [-0.39, 0.29) is 11.8 Å². The molecule has 1 heterocycles. The van der Waals surface area contributed by atoms with Crippen LogP contribution in [0.5, 0.6) is 0 Å². The zero-order valence-electron chi connectivity index (χ0n) is 11.3. The maximum Gasteiger partial charge on any atom is 0.228 e. The highest BCUT2D eigenvalue weighted by molar-refractivity contribution is 5.91. The number of pyridine rings is 1. The standard InChI is InChI=1S/C14H23N3O/c1-3-5-6-12(4-2)14(18)17-13-8-7-11(9-15)10-16-13/h7-8,10,12H,3-6,9,15H2,1-2H3,(H,16,17,18). The van der Waals surface area contributed by atoms with Gasteiger partial charge in [-0.05, 0) is 24.5 Å². The molecule has 0 saturated carbocycles. The van der Waals surface area contributed by atoms with E-state index < -0.39 is 0 Å². The summed E-state index contributed by atoms with van der Waals surface area (Å²) in [6.07, 6.45) is 5.72. The van der Waals surface area contributed by atoms with Crippen molar-refractivity contribution in [1.82, 2.24) is 4.98 Å². The largest absolute Gasteiger partial charge is 0.326 e. The number of hydrogen-bond acceptors (Lipinski definition) is 3. The highest BCUT2D eigenvalue weighted by atomic mass is 16.1.